The standard InChI is InChI=1S/C27H31N5O3S/c1-17(2)22(33)7-5-6-10-31-16-19(15-28-31)18-8-9-23-21(13-18)32(11-12-35-23)26-29-20-14-27(3,4)30-25(34)24(20)36-26/h8-9,13,15-16H,1,5-7,10-12,14H2,2-4H3,(H,30,34). The SMILES string of the molecule is C=C(C)C(=O)CCCCn1cc(-c2ccc3c(c2)N(c2nc4c(s2)C(=O)NC(C)(C)C4)CCO3)cn1. The second-order valence-electron chi connectivity index (χ2n) is 10.1. The van der Waals surface area contributed by atoms with Crippen LogP contribution in [0.1, 0.15) is 55.4 Å². The summed E-state index contributed by atoms with van der Waals surface area (Å²) in [5.74, 6) is 0.878. The molecule has 1 amide bonds. The van der Waals surface area contributed by atoms with E-state index >= 15 is 0 Å². The number of nitrogens with zero attached hydrogens (tertiary/aromatic N) is 4. The summed E-state index contributed by atoms with van der Waals surface area (Å²) in [6.45, 7) is 11.5. The molecule has 0 atom stereocenters. The number of carbonyl (C=O) groups excluding carboxylic acids is 2. The molecule has 2 aliphatic heterocycles. The zero-order chi connectivity index (χ0) is 25.4. The highest BCUT2D eigenvalue weighted by atomic mass is 32.1. The Kier molecular flexibility index (Phi) is 6.42. The third-order valence-corrected chi connectivity index (χ3v) is 7.61. The topological polar surface area (TPSA) is 89.4 Å². The molecule has 5 rings (SSSR count). The molecule has 9 heteroatoms. The molecule has 2 aromatic heterocycles. The van der Waals surface area contributed by atoms with Crippen molar-refractivity contribution in [3.63, 3.8) is 0 Å². The molecule has 1 aromatic carbocycles. The highest BCUT2D eigenvalue weighted by Crippen LogP contribution is 2.42. The van der Waals surface area contributed by atoms with Crippen LogP contribution in [0.15, 0.2) is 42.7 Å². The number of Topliss-reactive ketones (excluding diaryl/α,β-unsaturated/α-hetero) is 1. The van der Waals surface area contributed by atoms with E-state index in [0.29, 0.717) is 36.4 Å². The number of hydrogen-bond acceptors (Lipinski definition) is 7. The van der Waals surface area contributed by atoms with Crippen LogP contribution in [0.2, 0.25) is 0 Å². The van der Waals surface area contributed by atoms with Crippen LogP contribution in [0, 0.1) is 0 Å². The van der Waals surface area contributed by atoms with Gasteiger partial charge in [0.25, 0.3) is 5.91 Å². The van der Waals surface area contributed by atoms with Crippen molar-refractivity contribution in [2.75, 3.05) is 18.1 Å². The van der Waals surface area contributed by atoms with Crippen LogP contribution in [0.25, 0.3) is 11.1 Å². The van der Waals surface area contributed by atoms with Crippen molar-refractivity contribution in [3.8, 4) is 16.9 Å². The van der Waals surface area contributed by atoms with Crippen LogP contribution >= 0.6 is 11.3 Å². The Morgan fingerprint density at radius 3 is 2.92 bits per heavy atom. The summed E-state index contributed by atoms with van der Waals surface area (Å²) in [5.41, 5.74) is 4.17. The van der Waals surface area contributed by atoms with Gasteiger partial charge in [-0.1, -0.05) is 24.0 Å². The van der Waals surface area contributed by atoms with Crippen LogP contribution < -0.4 is 15.0 Å². The fourth-order valence-electron chi connectivity index (χ4n) is 4.58. The molecule has 3 aromatic rings. The van der Waals surface area contributed by atoms with Crippen LogP contribution in [0.5, 0.6) is 5.75 Å². The molecule has 36 heavy (non-hydrogen) atoms. The first-order valence-corrected chi connectivity index (χ1v) is 13.1. The number of hydrogen-bond donors (Lipinski definition) is 1. The molecule has 0 saturated heterocycles. The summed E-state index contributed by atoms with van der Waals surface area (Å²) in [6.07, 6.45) is 6.84. The molecule has 1 N–H and O–H groups in total. The number of allylic oxidation sites excluding steroid dienone is 1. The number of carbonyl (C=O) groups is 2. The summed E-state index contributed by atoms with van der Waals surface area (Å²) in [5, 5.41) is 8.40. The zero-order valence-electron chi connectivity index (χ0n) is 21.0. The van der Waals surface area contributed by atoms with Crippen LogP contribution in [-0.2, 0) is 17.8 Å². The fraction of sp³-hybridized carbons (Fsp3) is 0.407. The van der Waals surface area contributed by atoms with Gasteiger partial charge in [0.2, 0.25) is 0 Å². The van der Waals surface area contributed by atoms with E-state index in [1.165, 1.54) is 11.3 Å². The van der Waals surface area contributed by atoms with Crippen LogP contribution in [-0.4, -0.2) is 45.1 Å². The van der Waals surface area contributed by atoms with Crippen molar-refractivity contribution in [1.82, 2.24) is 20.1 Å². The summed E-state index contributed by atoms with van der Waals surface area (Å²) in [4.78, 5) is 32.1. The molecule has 188 valence electrons. The molecule has 0 spiro atoms. The van der Waals surface area contributed by atoms with E-state index in [1.807, 2.05) is 43.1 Å². The van der Waals surface area contributed by atoms with Crippen LogP contribution in [0.3, 0.4) is 0 Å². The predicted octanol–water partition coefficient (Wildman–Crippen LogP) is 4.92. The first kappa shape index (κ1) is 24.2. The lowest BCUT2D eigenvalue weighted by Crippen LogP contribution is -2.48. The Bertz CT molecular complexity index is 1340. The van der Waals surface area contributed by atoms with Gasteiger partial charge in [-0.05, 0) is 56.9 Å². The Hall–Kier alpha value is -3.46. The Balaban J connectivity index is 1.34. The molecule has 0 aliphatic carbocycles. The smallest absolute Gasteiger partial charge is 0.263 e. The number of nitrogens with one attached hydrogen (secondary N) is 1. The summed E-state index contributed by atoms with van der Waals surface area (Å²) in [6, 6.07) is 6.13. The second kappa shape index (κ2) is 9.54. The van der Waals surface area contributed by atoms with Crippen molar-refractivity contribution >= 4 is 33.8 Å². The van der Waals surface area contributed by atoms with Gasteiger partial charge >= 0.3 is 0 Å². The monoisotopic (exact) mass is 505 g/mol. The van der Waals surface area contributed by atoms with E-state index in [-0.39, 0.29) is 17.2 Å². The van der Waals surface area contributed by atoms with E-state index in [1.54, 1.807) is 6.92 Å². The Morgan fingerprint density at radius 1 is 1.28 bits per heavy atom. The highest BCUT2D eigenvalue weighted by Gasteiger charge is 2.34. The molecule has 0 bridgehead atoms. The quantitative estimate of drug-likeness (QED) is 0.345. The third kappa shape index (κ3) is 4.93. The van der Waals surface area contributed by atoms with E-state index in [0.717, 1.165) is 52.8 Å². The molecule has 0 radical (unpaired) electrons. The molecule has 8 nitrogen and oxygen atoms in total. The lowest BCUT2D eigenvalue weighted by molar-refractivity contribution is -0.115. The van der Waals surface area contributed by atoms with Gasteiger partial charge < -0.3 is 15.0 Å². The van der Waals surface area contributed by atoms with Crippen LogP contribution in [0.4, 0.5) is 10.8 Å². The van der Waals surface area contributed by atoms with Crippen molar-refractivity contribution in [2.24, 2.45) is 0 Å². The van der Waals surface area contributed by atoms with Gasteiger partial charge in [0.05, 0.1) is 24.1 Å². The number of aromatic nitrogens is 3. The number of aryl methyl sites for hydroxylation is 1. The number of anilines is 2. The minimum Gasteiger partial charge on any atom is -0.490 e. The maximum atomic E-state index is 12.6. The van der Waals surface area contributed by atoms with Gasteiger partial charge in [-0.15, -0.1) is 0 Å². The van der Waals surface area contributed by atoms with Gasteiger partial charge in [0, 0.05) is 36.7 Å². The minimum absolute atomic E-state index is 0.0522. The van der Waals surface area contributed by atoms with E-state index < -0.39 is 0 Å². The lowest BCUT2D eigenvalue weighted by atomic mass is 9.94. The van der Waals surface area contributed by atoms with Gasteiger partial charge in [-0.2, -0.15) is 5.10 Å². The summed E-state index contributed by atoms with van der Waals surface area (Å²) in [7, 11) is 0. The van der Waals surface area contributed by atoms with Gasteiger partial charge in [-0.25, -0.2) is 4.98 Å². The Labute approximate surface area is 215 Å². The van der Waals surface area contributed by atoms with Gasteiger partial charge in [-0.3, -0.25) is 14.3 Å². The predicted molar refractivity (Wildman–Crippen MR) is 141 cm³/mol. The first-order valence-electron chi connectivity index (χ1n) is 12.3. The molecule has 0 unspecified atom stereocenters. The van der Waals surface area contributed by atoms with Gasteiger partial charge in [0.15, 0.2) is 10.9 Å². The molecular weight excluding hydrogens is 474 g/mol. The van der Waals surface area contributed by atoms with E-state index in [4.69, 9.17) is 9.72 Å². The Morgan fingerprint density at radius 2 is 2.11 bits per heavy atom. The summed E-state index contributed by atoms with van der Waals surface area (Å²) >= 11 is 1.44. The number of fused-ring (bicyclic) bond motifs is 2. The average Bonchev–Trinajstić information content (AvgIpc) is 3.47. The number of benzene rings is 1. The maximum absolute atomic E-state index is 12.6. The van der Waals surface area contributed by atoms with Gasteiger partial charge in [0.1, 0.15) is 17.2 Å². The van der Waals surface area contributed by atoms with E-state index in [2.05, 4.69) is 28.0 Å². The van der Waals surface area contributed by atoms with Crippen molar-refractivity contribution < 1.29 is 14.3 Å². The number of ether oxygens (including phenoxy) is 1. The number of rotatable bonds is 8. The number of ketones is 1. The first-order chi connectivity index (χ1) is 17.2. The third-order valence-electron chi connectivity index (χ3n) is 6.49. The highest BCUT2D eigenvalue weighted by molar-refractivity contribution is 7.17. The fourth-order valence-corrected chi connectivity index (χ4v) is 5.60. The maximum Gasteiger partial charge on any atom is 0.263 e. The number of amides is 1. The molecule has 2 aliphatic rings. The van der Waals surface area contributed by atoms with E-state index in [9.17, 15) is 9.59 Å². The molecule has 0 saturated carbocycles. The molecular formula is C27H31N5O3S. The average molecular weight is 506 g/mol. The summed E-state index contributed by atoms with van der Waals surface area (Å²) < 4.78 is 7.85. The number of thiazole rings is 1. The number of unbranched alkanes of at least 4 members (excludes halogenated alkanes) is 1. The molecule has 0 fully saturated rings. The van der Waals surface area contributed by atoms with Crippen molar-refractivity contribution in [1.29, 1.82) is 0 Å². The molecule has 4 heterocycles. The van der Waals surface area contributed by atoms with Crippen molar-refractivity contribution in [2.45, 2.75) is 58.5 Å². The lowest BCUT2D eigenvalue weighted by Gasteiger charge is -2.29. The second-order valence-corrected chi connectivity index (χ2v) is 11.1. The normalized spacial score (nSPS) is 16.1. The largest absolute Gasteiger partial charge is 0.490 e. The minimum atomic E-state index is -0.300. The van der Waals surface area contributed by atoms with Crippen molar-refractivity contribution in [3.05, 3.63) is 53.3 Å². The zero-order valence-corrected chi connectivity index (χ0v) is 21.8.